The normalized spacial score (nSPS) is 19.6. The summed E-state index contributed by atoms with van der Waals surface area (Å²) < 4.78 is 13.1. The third kappa shape index (κ3) is 4.61. The number of hydrogen-bond acceptors (Lipinski definition) is 7. The van der Waals surface area contributed by atoms with Gasteiger partial charge in [-0.15, -0.1) is 0 Å². The Morgan fingerprint density at radius 2 is 2.06 bits per heavy atom. The molecule has 0 bridgehead atoms. The second kappa shape index (κ2) is 8.89. The van der Waals surface area contributed by atoms with E-state index < -0.39 is 0 Å². The zero-order valence-electron chi connectivity index (χ0n) is 17.3. The first-order valence-corrected chi connectivity index (χ1v) is 10.8. The maximum absolute atomic E-state index is 12.6. The molecule has 5 rings (SSSR count). The van der Waals surface area contributed by atoms with Crippen molar-refractivity contribution in [1.82, 2.24) is 24.8 Å². The molecule has 1 atom stereocenters. The lowest BCUT2D eigenvalue weighted by Crippen LogP contribution is -2.37. The van der Waals surface area contributed by atoms with E-state index in [0.29, 0.717) is 24.8 Å². The van der Waals surface area contributed by atoms with Crippen LogP contribution in [-0.2, 0) is 11.3 Å². The smallest absolute Gasteiger partial charge is 0.287 e. The summed E-state index contributed by atoms with van der Waals surface area (Å²) in [6, 6.07) is 5.58. The fourth-order valence-electron chi connectivity index (χ4n) is 4.20. The van der Waals surface area contributed by atoms with E-state index in [2.05, 4.69) is 20.2 Å². The van der Waals surface area contributed by atoms with Gasteiger partial charge in [-0.05, 0) is 37.5 Å². The summed E-state index contributed by atoms with van der Waals surface area (Å²) in [4.78, 5) is 28.1. The molecule has 9 heteroatoms. The van der Waals surface area contributed by atoms with Crippen molar-refractivity contribution in [3.05, 3.63) is 60.3 Å². The summed E-state index contributed by atoms with van der Waals surface area (Å²) in [5, 5.41) is 3.08. The van der Waals surface area contributed by atoms with Crippen molar-refractivity contribution in [2.45, 2.75) is 37.8 Å². The minimum atomic E-state index is -0.194. The standard InChI is InChI=1S/C22H26N6O3/c29-21(20-2-1-18(31-20)14-27-10-8-23-15-27)25-17-4-9-28(13-17)22-24-7-3-19(26-22)16-5-11-30-12-6-16/h1-3,7-8,10,15-17H,4-6,9,11-14H2,(H,25,29). The first-order chi connectivity index (χ1) is 15.2. The minimum absolute atomic E-state index is 0.0324. The van der Waals surface area contributed by atoms with E-state index in [1.54, 1.807) is 18.6 Å². The number of nitrogens with zero attached hydrogens (tertiary/aromatic N) is 5. The van der Waals surface area contributed by atoms with Gasteiger partial charge in [0.25, 0.3) is 5.91 Å². The first-order valence-electron chi connectivity index (χ1n) is 10.8. The number of aromatic nitrogens is 4. The van der Waals surface area contributed by atoms with Gasteiger partial charge < -0.3 is 23.9 Å². The van der Waals surface area contributed by atoms with Gasteiger partial charge in [0.1, 0.15) is 5.76 Å². The topological polar surface area (TPSA) is 98.3 Å². The van der Waals surface area contributed by atoms with Crippen LogP contribution in [0.5, 0.6) is 0 Å². The molecule has 0 aromatic carbocycles. The van der Waals surface area contributed by atoms with Crippen LogP contribution >= 0.6 is 0 Å². The summed E-state index contributed by atoms with van der Waals surface area (Å²) >= 11 is 0. The zero-order chi connectivity index (χ0) is 21.0. The zero-order valence-corrected chi connectivity index (χ0v) is 17.3. The first kappa shape index (κ1) is 19.7. The lowest BCUT2D eigenvalue weighted by molar-refractivity contribution is 0.0845. The summed E-state index contributed by atoms with van der Waals surface area (Å²) in [5.41, 5.74) is 1.08. The molecule has 1 unspecified atom stereocenters. The number of carbonyl (C=O) groups excluding carboxylic acids is 1. The molecule has 0 aliphatic carbocycles. The molecule has 2 saturated heterocycles. The van der Waals surface area contributed by atoms with Crippen molar-refractivity contribution >= 4 is 11.9 Å². The maximum atomic E-state index is 12.6. The van der Waals surface area contributed by atoms with E-state index in [4.69, 9.17) is 14.1 Å². The SMILES string of the molecule is O=C(NC1CCN(c2nccc(C3CCOCC3)n2)C1)c1ccc(Cn2ccnc2)o1. The van der Waals surface area contributed by atoms with Crippen molar-refractivity contribution in [1.29, 1.82) is 0 Å². The highest BCUT2D eigenvalue weighted by Gasteiger charge is 2.27. The number of imidazole rings is 1. The highest BCUT2D eigenvalue weighted by atomic mass is 16.5. The molecule has 3 aromatic rings. The van der Waals surface area contributed by atoms with Crippen molar-refractivity contribution < 1.29 is 13.9 Å². The Hall–Kier alpha value is -3.20. The van der Waals surface area contributed by atoms with Gasteiger partial charge in [0.15, 0.2) is 5.76 Å². The lowest BCUT2D eigenvalue weighted by Gasteiger charge is -2.23. The number of anilines is 1. The molecule has 1 N–H and O–H groups in total. The van der Waals surface area contributed by atoms with Gasteiger partial charge in [0.2, 0.25) is 5.95 Å². The molecule has 1 amide bonds. The van der Waals surface area contributed by atoms with Crippen molar-refractivity contribution in [3.63, 3.8) is 0 Å². The van der Waals surface area contributed by atoms with Crippen LogP contribution in [0.25, 0.3) is 0 Å². The van der Waals surface area contributed by atoms with Crippen LogP contribution < -0.4 is 10.2 Å². The predicted octanol–water partition coefficient (Wildman–Crippen LogP) is 2.22. The van der Waals surface area contributed by atoms with Crippen LogP contribution in [0.1, 0.15) is 47.2 Å². The Morgan fingerprint density at radius 3 is 2.90 bits per heavy atom. The Balaban J connectivity index is 1.17. The van der Waals surface area contributed by atoms with Crippen LogP contribution in [-0.4, -0.2) is 57.8 Å². The summed E-state index contributed by atoms with van der Waals surface area (Å²) in [5.74, 6) is 2.02. The van der Waals surface area contributed by atoms with Crippen molar-refractivity contribution in [2.24, 2.45) is 0 Å². The minimum Gasteiger partial charge on any atom is -0.454 e. The maximum Gasteiger partial charge on any atom is 0.287 e. The molecule has 0 spiro atoms. The summed E-state index contributed by atoms with van der Waals surface area (Å²) in [6.07, 6.45) is 9.97. The number of rotatable bonds is 6. The van der Waals surface area contributed by atoms with Gasteiger partial charge in [0.05, 0.1) is 12.9 Å². The molecule has 2 aliphatic rings. The van der Waals surface area contributed by atoms with Gasteiger partial charge in [-0.2, -0.15) is 0 Å². The molecule has 3 aromatic heterocycles. The van der Waals surface area contributed by atoms with E-state index in [-0.39, 0.29) is 11.9 Å². The average Bonchev–Trinajstić information content (AvgIpc) is 3.57. The van der Waals surface area contributed by atoms with Gasteiger partial charge in [-0.25, -0.2) is 15.0 Å². The molecule has 0 radical (unpaired) electrons. The van der Waals surface area contributed by atoms with Gasteiger partial charge in [0, 0.05) is 62.5 Å². The Labute approximate surface area is 180 Å². The largest absolute Gasteiger partial charge is 0.454 e. The molecule has 0 saturated carbocycles. The number of carbonyl (C=O) groups is 1. The Bertz CT molecular complexity index is 1010. The van der Waals surface area contributed by atoms with E-state index in [1.165, 1.54) is 0 Å². The quantitative estimate of drug-likeness (QED) is 0.650. The van der Waals surface area contributed by atoms with Crippen molar-refractivity contribution in [2.75, 3.05) is 31.2 Å². The predicted molar refractivity (Wildman–Crippen MR) is 113 cm³/mol. The molecular formula is C22H26N6O3. The van der Waals surface area contributed by atoms with Crippen LogP contribution in [0.4, 0.5) is 5.95 Å². The Kier molecular flexibility index (Phi) is 5.66. The number of ether oxygens (including phenoxy) is 1. The summed E-state index contributed by atoms with van der Waals surface area (Å²) in [6.45, 7) is 3.63. The van der Waals surface area contributed by atoms with Crippen molar-refractivity contribution in [3.8, 4) is 0 Å². The molecule has 162 valence electrons. The van der Waals surface area contributed by atoms with Crippen LogP contribution in [0.15, 0.2) is 47.5 Å². The average molecular weight is 422 g/mol. The molecule has 2 aliphatic heterocycles. The number of furan rings is 1. The van der Waals surface area contributed by atoms with Gasteiger partial charge in [-0.3, -0.25) is 4.79 Å². The second-order valence-corrected chi connectivity index (χ2v) is 8.07. The monoisotopic (exact) mass is 422 g/mol. The highest BCUT2D eigenvalue weighted by Crippen LogP contribution is 2.27. The molecule has 2 fully saturated rings. The number of hydrogen-bond donors (Lipinski definition) is 1. The summed E-state index contributed by atoms with van der Waals surface area (Å²) in [7, 11) is 0. The number of amides is 1. The fourth-order valence-corrected chi connectivity index (χ4v) is 4.20. The third-order valence-corrected chi connectivity index (χ3v) is 5.89. The lowest BCUT2D eigenvalue weighted by atomic mass is 9.96. The highest BCUT2D eigenvalue weighted by molar-refractivity contribution is 5.91. The van der Waals surface area contributed by atoms with E-state index in [9.17, 15) is 4.79 Å². The van der Waals surface area contributed by atoms with Crippen LogP contribution in [0.2, 0.25) is 0 Å². The Morgan fingerprint density at radius 1 is 1.16 bits per heavy atom. The molecule has 31 heavy (non-hydrogen) atoms. The molecule has 5 heterocycles. The van der Waals surface area contributed by atoms with Gasteiger partial charge in [-0.1, -0.05) is 0 Å². The second-order valence-electron chi connectivity index (χ2n) is 8.07. The number of nitrogens with one attached hydrogen (secondary N) is 1. The fraction of sp³-hybridized carbons (Fsp3) is 0.455. The van der Waals surface area contributed by atoms with Crippen LogP contribution in [0, 0.1) is 0 Å². The molecule has 9 nitrogen and oxygen atoms in total. The third-order valence-electron chi connectivity index (χ3n) is 5.89. The van der Waals surface area contributed by atoms with E-state index >= 15 is 0 Å². The van der Waals surface area contributed by atoms with Crippen LogP contribution in [0.3, 0.4) is 0 Å². The van der Waals surface area contributed by atoms with E-state index in [0.717, 1.165) is 56.4 Å². The molecular weight excluding hydrogens is 396 g/mol. The van der Waals surface area contributed by atoms with Gasteiger partial charge >= 0.3 is 0 Å². The van der Waals surface area contributed by atoms with E-state index in [1.807, 2.05) is 29.1 Å².